The molecule has 1 aromatic carbocycles. The number of nitrogens with zero attached hydrogens (tertiary/aromatic N) is 3. The summed E-state index contributed by atoms with van der Waals surface area (Å²) >= 11 is 13.7. The Morgan fingerprint density at radius 3 is 2.29 bits per heavy atom. The van der Waals surface area contributed by atoms with Gasteiger partial charge in [-0.2, -0.15) is 0 Å². The monoisotopic (exact) mass is 339 g/mol. The molecule has 0 atom stereocenters. The summed E-state index contributed by atoms with van der Waals surface area (Å²) in [5, 5.41) is 2.70. The molecule has 0 aliphatic heterocycles. The third-order valence-electron chi connectivity index (χ3n) is 2.77. The molecule has 2 heterocycles. The second kappa shape index (κ2) is 5.67. The van der Waals surface area contributed by atoms with Crippen LogP contribution in [0, 0.1) is 12.7 Å². The van der Waals surface area contributed by atoms with E-state index >= 15 is 0 Å². The van der Waals surface area contributed by atoms with E-state index in [1.165, 1.54) is 17.4 Å². The van der Waals surface area contributed by atoms with E-state index in [-0.39, 0.29) is 21.4 Å². The van der Waals surface area contributed by atoms with Gasteiger partial charge in [-0.15, -0.1) is 11.3 Å². The van der Waals surface area contributed by atoms with Crippen LogP contribution in [0.4, 0.5) is 4.39 Å². The molecule has 3 nitrogen and oxygen atoms in total. The molecule has 3 rings (SSSR count). The van der Waals surface area contributed by atoms with Gasteiger partial charge in [0, 0.05) is 16.6 Å². The Morgan fingerprint density at radius 1 is 1.05 bits per heavy atom. The molecule has 0 bridgehead atoms. The molecular formula is C14H8Cl2FN3S. The highest BCUT2D eigenvalue weighted by molar-refractivity contribution is 7.13. The van der Waals surface area contributed by atoms with Crippen molar-refractivity contribution in [3.63, 3.8) is 0 Å². The van der Waals surface area contributed by atoms with E-state index in [1.807, 2.05) is 12.3 Å². The molecule has 0 aliphatic carbocycles. The van der Waals surface area contributed by atoms with E-state index in [9.17, 15) is 4.39 Å². The zero-order valence-corrected chi connectivity index (χ0v) is 13.1. The summed E-state index contributed by atoms with van der Waals surface area (Å²) in [7, 11) is 0. The molecule has 0 radical (unpaired) electrons. The highest BCUT2D eigenvalue weighted by atomic mass is 35.5. The standard InChI is InChI=1S/C14H8Cl2FN3S/c1-7-6-21-14(18-7)13-19-11(15)10(12(16)20-13)8-4-2-3-5-9(8)17/h2-6H,1H3. The summed E-state index contributed by atoms with van der Waals surface area (Å²) in [6.45, 7) is 1.87. The first-order chi connectivity index (χ1) is 10.1. The van der Waals surface area contributed by atoms with Gasteiger partial charge in [-0.05, 0) is 13.0 Å². The van der Waals surface area contributed by atoms with Gasteiger partial charge in [-0.25, -0.2) is 19.3 Å². The molecule has 0 N–H and O–H groups in total. The van der Waals surface area contributed by atoms with Crippen LogP contribution in [0.2, 0.25) is 10.3 Å². The summed E-state index contributed by atoms with van der Waals surface area (Å²) in [5.74, 6) is -0.0917. The first kappa shape index (κ1) is 14.4. The molecule has 2 aromatic heterocycles. The van der Waals surface area contributed by atoms with Crippen molar-refractivity contribution in [3.8, 4) is 22.0 Å². The van der Waals surface area contributed by atoms with E-state index in [4.69, 9.17) is 23.2 Å². The van der Waals surface area contributed by atoms with Gasteiger partial charge in [0.05, 0.1) is 5.56 Å². The first-order valence-electron chi connectivity index (χ1n) is 5.96. The number of aromatic nitrogens is 3. The first-order valence-corrected chi connectivity index (χ1v) is 7.60. The van der Waals surface area contributed by atoms with Crippen LogP contribution in [0.1, 0.15) is 5.69 Å². The summed E-state index contributed by atoms with van der Waals surface area (Å²) in [6, 6.07) is 6.20. The number of halogens is 3. The van der Waals surface area contributed by atoms with E-state index in [0.717, 1.165) is 5.69 Å². The zero-order valence-electron chi connectivity index (χ0n) is 10.8. The van der Waals surface area contributed by atoms with Crippen molar-refractivity contribution in [1.82, 2.24) is 15.0 Å². The minimum atomic E-state index is -0.428. The van der Waals surface area contributed by atoms with Crippen molar-refractivity contribution in [3.05, 3.63) is 51.5 Å². The molecule has 106 valence electrons. The van der Waals surface area contributed by atoms with Crippen molar-refractivity contribution >= 4 is 34.5 Å². The topological polar surface area (TPSA) is 38.7 Å². The molecule has 0 spiro atoms. The van der Waals surface area contributed by atoms with Crippen molar-refractivity contribution in [2.45, 2.75) is 6.92 Å². The van der Waals surface area contributed by atoms with Gasteiger partial charge in [-0.1, -0.05) is 41.4 Å². The summed E-state index contributed by atoms with van der Waals surface area (Å²) in [6.07, 6.45) is 0. The number of benzene rings is 1. The maximum atomic E-state index is 13.9. The van der Waals surface area contributed by atoms with E-state index in [2.05, 4.69) is 15.0 Å². The molecule has 0 saturated carbocycles. The fourth-order valence-corrected chi connectivity index (χ4v) is 3.17. The largest absolute Gasteiger partial charge is 0.238 e. The van der Waals surface area contributed by atoms with Crippen LogP contribution in [0.3, 0.4) is 0 Å². The maximum absolute atomic E-state index is 13.9. The van der Waals surface area contributed by atoms with Crippen molar-refractivity contribution in [2.24, 2.45) is 0 Å². The van der Waals surface area contributed by atoms with E-state index in [1.54, 1.807) is 18.2 Å². The minimum Gasteiger partial charge on any atom is -0.238 e. The van der Waals surface area contributed by atoms with Gasteiger partial charge >= 0.3 is 0 Å². The maximum Gasteiger partial charge on any atom is 0.191 e. The number of hydrogen-bond donors (Lipinski definition) is 0. The fraction of sp³-hybridized carbons (Fsp3) is 0.0714. The van der Waals surface area contributed by atoms with Crippen LogP contribution in [-0.4, -0.2) is 15.0 Å². The summed E-state index contributed by atoms with van der Waals surface area (Å²) in [5.41, 5.74) is 1.42. The van der Waals surface area contributed by atoms with Gasteiger partial charge in [0.15, 0.2) is 10.8 Å². The second-order valence-electron chi connectivity index (χ2n) is 4.28. The van der Waals surface area contributed by atoms with Gasteiger partial charge in [-0.3, -0.25) is 0 Å². The predicted octanol–water partition coefficient (Wildman–Crippen LogP) is 5.02. The van der Waals surface area contributed by atoms with Crippen LogP contribution < -0.4 is 0 Å². The third kappa shape index (κ3) is 2.77. The van der Waals surface area contributed by atoms with Crippen LogP contribution in [-0.2, 0) is 0 Å². The Balaban J connectivity index is 2.15. The number of thiazole rings is 1. The quantitative estimate of drug-likeness (QED) is 0.615. The lowest BCUT2D eigenvalue weighted by atomic mass is 10.1. The molecule has 0 aliphatic rings. The SMILES string of the molecule is Cc1csc(-c2nc(Cl)c(-c3ccccc3F)c(Cl)n2)n1. The van der Waals surface area contributed by atoms with Crippen molar-refractivity contribution < 1.29 is 4.39 Å². The number of aryl methyl sites for hydroxylation is 1. The Kier molecular flexibility index (Phi) is 3.89. The average Bonchev–Trinajstić information content (AvgIpc) is 2.87. The normalized spacial score (nSPS) is 10.9. The van der Waals surface area contributed by atoms with Crippen molar-refractivity contribution in [2.75, 3.05) is 0 Å². The zero-order chi connectivity index (χ0) is 15.0. The Morgan fingerprint density at radius 2 is 1.71 bits per heavy atom. The lowest BCUT2D eigenvalue weighted by Crippen LogP contribution is -1.96. The molecular weight excluding hydrogens is 332 g/mol. The Bertz CT molecular complexity index is 796. The molecule has 0 saturated heterocycles. The van der Waals surface area contributed by atoms with E-state index in [0.29, 0.717) is 10.8 Å². The highest BCUT2D eigenvalue weighted by Gasteiger charge is 2.18. The lowest BCUT2D eigenvalue weighted by molar-refractivity contribution is 0.631. The van der Waals surface area contributed by atoms with Gasteiger partial charge < -0.3 is 0 Å². The Hall–Kier alpha value is -1.56. The smallest absolute Gasteiger partial charge is 0.191 e. The van der Waals surface area contributed by atoms with Crippen molar-refractivity contribution in [1.29, 1.82) is 0 Å². The van der Waals surface area contributed by atoms with Gasteiger partial charge in [0.1, 0.15) is 16.1 Å². The molecule has 21 heavy (non-hydrogen) atoms. The summed E-state index contributed by atoms with van der Waals surface area (Å²) < 4.78 is 13.9. The summed E-state index contributed by atoms with van der Waals surface area (Å²) in [4.78, 5) is 12.7. The average molecular weight is 340 g/mol. The molecule has 0 unspecified atom stereocenters. The number of hydrogen-bond acceptors (Lipinski definition) is 4. The fourth-order valence-electron chi connectivity index (χ4n) is 1.85. The minimum absolute atomic E-state index is 0.1000. The molecule has 7 heteroatoms. The Labute approximate surface area is 134 Å². The third-order valence-corrected chi connectivity index (χ3v) is 4.28. The van der Waals surface area contributed by atoms with Crippen LogP contribution in [0.15, 0.2) is 29.6 Å². The molecule has 0 fully saturated rings. The van der Waals surface area contributed by atoms with Crippen LogP contribution in [0.25, 0.3) is 22.0 Å². The number of rotatable bonds is 2. The van der Waals surface area contributed by atoms with Gasteiger partial charge in [0.2, 0.25) is 0 Å². The lowest BCUT2D eigenvalue weighted by Gasteiger charge is -2.08. The van der Waals surface area contributed by atoms with Crippen LogP contribution in [0.5, 0.6) is 0 Å². The highest BCUT2D eigenvalue weighted by Crippen LogP contribution is 2.35. The van der Waals surface area contributed by atoms with Gasteiger partial charge in [0.25, 0.3) is 0 Å². The second-order valence-corrected chi connectivity index (χ2v) is 5.85. The van der Waals surface area contributed by atoms with E-state index < -0.39 is 5.82 Å². The molecule has 3 aromatic rings. The molecule has 0 amide bonds. The predicted molar refractivity (Wildman–Crippen MR) is 83.3 cm³/mol. The van der Waals surface area contributed by atoms with Crippen LogP contribution >= 0.6 is 34.5 Å².